The minimum Gasteiger partial charge on any atom is -0.431 e. The fourth-order valence-electron chi connectivity index (χ4n) is 0.485. The number of hydrogen-bond donors (Lipinski definition) is 0. The maximum atomic E-state index is 10.8. The van der Waals surface area contributed by atoms with Gasteiger partial charge in [-0.15, -0.1) is 0 Å². The van der Waals surface area contributed by atoms with Crippen LogP contribution in [0.3, 0.4) is 0 Å². The van der Waals surface area contributed by atoms with E-state index in [9.17, 15) is 9.36 Å². The van der Waals surface area contributed by atoms with Crippen molar-refractivity contribution in [2.75, 3.05) is 26.5 Å². The first-order valence-electron chi connectivity index (χ1n) is 3.32. The minimum absolute atomic E-state index is 0.246. The van der Waals surface area contributed by atoms with Gasteiger partial charge in [-0.25, -0.2) is 0 Å². The van der Waals surface area contributed by atoms with Crippen molar-refractivity contribution in [3.63, 3.8) is 0 Å². The Bertz CT molecular complexity index is 146. The summed E-state index contributed by atoms with van der Waals surface area (Å²) in [6.07, 6.45) is 0.246. The fraction of sp³-hybridized carbons (Fsp3) is 0.833. The first-order valence-corrected chi connectivity index (χ1v) is 4.77. The summed E-state index contributed by atoms with van der Waals surface area (Å²) < 4.78 is 20.0. The molecule has 11 heavy (non-hydrogen) atoms. The van der Waals surface area contributed by atoms with Crippen LogP contribution in [0.2, 0.25) is 0 Å². The molecule has 64 valence electrons. The van der Waals surface area contributed by atoms with Crippen LogP contribution in [0.1, 0.15) is 6.92 Å². The summed E-state index contributed by atoms with van der Waals surface area (Å²) in [5.41, 5.74) is -0.653. The summed E-state index contributed by atoms with van der Waals surface area (Å²) in [5, 5.41) is 0. The predicted molar refractivity (Wildman–Crippen MR) is 41.4 cm³/mol. The van der Waals surface area contributed by atoms with Crippen molar-refractivity contribution < 1.29 is 18.8 Å². The van der Waals surface area contributed by atoms with Crippen molar-refractivity contribution in [1.29, 1.82) is 0 Å². The third kappa shape index (κ3) is 4.87. The highest BCUT2D eigenvalue weighted by atomic mass is 31.1. The van der Waals surface area contributed by atoms with Crippen LogP contribution in [0.5, 0.6) is 0 Å². The van der Waals surface area contributed by atoms with Gasteiger partial charge in [-0.05, 0) is 6.92 Å². The summed E-state index contributed by atoms with van der Waals surface area (Å²) in [7, 11) is -0.671. The predicted octanol–water partition coefficient (Wildman–Crippen LogP) is 1.62. The average molecular weight is 179 g/mol. The molecule has 0 aliphatic carbocycles. The normalized spacial score (nSPS) is 10.9. The smallest absolute Gasteiger partial charge is 0.431 e. The first-order chi connectivity index (χ1) is 5.22. The van der Waals surface area contributed by atoms with Gasteiger partial charge in [0.25, 0.3) is 0 Å². The molecule has 0 saturated heterocycles. The van der Waals surface area contributed by atoms with Crippen LogP contribution in [-0.2, 0) is 14.0 Å². The molecular weight excluding hydrogens is 167 g/mol. The second-order valence-electron chi connectivity index (χ2n) is 1.77. The van der Waals surface area contributed by atoms with Crippen LogP contribution >= 0.6 is 7.80 Å². The summed E-state index contributed by atoms with van der Waals surface area (Å²) in [5.74, 6) is 0. The highest BCUT2D eigenvalue weighted by molar-refractivity contribution is 7.63. The molecule has 0 saturated carbocycles. The van der Waals surface area contributed by atoms with Crippen molar-refractivity contribution in [1.82, 2.24) is 0 Å². The van der Waals surface area contributed by atoms with Gasteiger partial charge in [0.15, 0.2) is 6.16 Å². The Hall–Kier alpha value is -0.470. The van der Waals surface area contributed by atoms with Gasteiger partial charge in [0, 0.05) is 6.61 Å². The second-order valence-corrected chi connectivity index (χ2v) is 3.34. The Labute approximate surface area is 66.7 Å². The van der Waals surface area contributed by atoms with E-state index in [1.165, 1.54) is 7.11 Å². The van der Waals surface area contributed by atoms with E-state index in [0.717, 1.165) is 0 Å². The monoisotopic (exact) mass is 179 g/mol. The van der Waals surface area contributed by atoms with E-state index in [2.05, 4.69) is 4.74 Å². The van der Waals surface area contributed by atoms with Crippen LogP contribution in [-0.4, -0.2) is 32.2 Å². The SMILES string of the molecule is CCOCC[P+](=O)C(=O)OC. The van der Waals surface area contributed by atoms with E-state index >= 15 is 0 Å². The Morgan fingerprint density at radius 3 is 2.64 bits per heavy atom. The molecular formula is C6H12O4P+. The molecule has 0 amide bonds. The maximum absolute atomic E-state index is 10.8. The third-order valence-electron chi connectivity index (χ3n) is 1.02. The molecule has 0 heterocycles. The standard InChI is InChI=1S/C6H12O4P/c1-3-10-4-5-11(8)6(7)9-2/h3-5H2,1-2H3/q+1. The number of hydrogen-bond acceptors (Lipinski definition) is 4. The highest BCUT2D eigenvalue weighted by Gasteiger charge is 2.28. The van der Waals surface area contributed by atoms with E-state index in [4.69, 9.17) is 4.74 Å². The zero-order valence-corrected chi connectivity index (χ0v) is 7.60. The van der Waals surface area contributed by atoms with Gasteiger partial charge in [0.1, 0.15) is 0 Å². The van der Waals surface area contributed by atoms with E-state index < -0.39 is 13.5 Å². The van der Waals surface area contributed by atoms with Gasteiger partial charge in [-0.3, -0.25) is 0 Å². The van der Waals surface area contributed by atoms with E-state index in [1.54, 1.807) is 0 Å². The van der Waals surface area contributed by atoms with Gasteiger partial charge in [-0.1, -0.05) is 4.57 Å². The van der Waals surface area contributed by atoms with Gasteiger partial charge >= 0.3 is 13.5 Å². The second kappa shape index (κ2) is 6.25. The van der Waals surface area contributed by atoms with Crippen molar-refractivity contribution in [3.8, 4) is 0 Å². The topological polar surface area (TPSA) is 52.6 Å². The lowest BCUT2D eigenvalue weighted by Crippen LogP contribution is -2.00. The molecule has 0 spiro atoms. The summed E-state index contributed by atoms with van der Waals surface area (Å²) >= 11 is 0. The molecule has 1 atom stereocenters. The number of carbonyl (C=O) groups is 1. The van der Waals surface area contributed by atoms with Crippen molar-refractivity contribution in [2.45, 2.75) is 6.92 Å². The minimum atomic E-state index is -1.89. The van der Waals surface area contributed by atoms with Gasteiger partial charge < -0.3 is 9.47 Å². The molecule has 1 unspecified atom stereocenters. The maximum Gasteiger partial charge on any atom is 0.554 e. The molecule has 0 aromatic heterocycles. The van der Waals surface area contributed by atoms with Crippen LogP contribution < -0.4 is 0 Å². The summed E-state index contributed by atoms with van der Waals surface area (Å²) in [6.45, 7) is 2.76. The lowest BCUT2D eigenvalue weighted by molar-refractivity contribution is 0.162. The largest absolute Gasteiger partial charge is 0.554 e. The Morgan fingerprint density at radius 2 is 2.18 bits per heavy atom. The summed E-state index contributed by atoms with van der Waals surface area (Å²) in [4.78, 5) is 10.5. The van der Waals surface area contributed by atoms with Crippen LogP contribution in [0.15, 0.2) is 0 Å². The first kappa shape index (κ1) is 10.5. The number of ether oxygens (including phenoxy) is 2. The number of rotatable bonds is 5. The Balaban J connectivity index is 3.44. The lowest BCUT2D eigenvalue weighted by Gasteiger charge is -1.91. The van der Waals surface area contributed by atoms with Crippen LogP contribution in [0, 0.1) is 0 Å². The molecule has 4 nitrogen and oxygen atoms in total. The molecule has 0 fully saturated rings. The zero-order chi connectivity index (χ0) is 8.69. The quantitative estimate of drug-likeness (QED) is 0.475. The number of methoxy groups -OCH3 is 1. The van der Waals surface area contributed by atoms with Gasteiger partial charge in [0.05, 0.1) is 13.7 Å². The molecule has 0 aromatic carbocycles. The zero-order valence-electron chi connectivity index (χ0n) is 6.70. The molecule has 0 aliphatic heterocycles. The number of carbonyl (C=O) groups excluding carboxylic acids is 1. The van der Waals surface area contributed by atoms with Gasteiger partial charge in [0.2, 0.25) is 0 Å². The molecule has 0 rings (SSSR count). The summed E-state index contributed by atoms with van der Waals surface area (Å²) in [6, 6.07) is 0. The van der Waals surface area contributed by atoms with Gasteiger partial charge in [-0.2, -0.15) is 4.79 Å². The fourth-order valence-corrected chi connectivity index (χ4v) is 1.17. The van der Waals surface area contributed by atoms with Crippen molar-refractivity contribution in [3.05, 3.63) is 0 Å². The molecule has 0 bridgehead atoms. The van der Waals surface area contributed by atoms with E-state index in [1.807, 2.05) is 6.92 Å². The van der Waals surface area contributed by atoms with Crippen LogP contribution in [0.25, 0.3) is 0 Å². The molecule has 0 N–H and O–H groups in total. The molecule has 5 heteroatoms. The van der Waals surface area contributed by atoms with E-state index in [0.29, 0.717) is 13.2 Å². The lowest BCUT2D eigenvalue weighted by atomic mass is 10.8. The average Bonchev–Trinajstić information content (AvgIpc) is 2.03. The third-order valence-corrected chi connectivity index (χ3v) is 2.20. The van der Waals surface area contributed by atoms with Crippen LogP contribution in [0.4, 0.5) is 4.79 Å². The highest BCUT2D eigenvalue weighted by Crippen LogP contribution is 2.21. The Kier molecular flexibility index (Phi) is 5.99. The molecule has 0 aromatic rings. The Morgan fingerprint density at radius 1 is 1.55 bits per heavy atom. The molecule has 0 radical (unpaired) electrons. The molecule has 0 aliphatic rings. The van der Waals surface area contributed by atoms with Crippen molar-refractivity contribution in [2.24, 2.45) is 0 Å². The van der Waals surface area contributed by atoms with E-state index in [-0.39, 0.29) is 6.16 Å². The van der Waals surface area contributed by atoms with Crippen molar-refractivity contribution >= 4 is 13.5 Å².